The van der Waals surface area contributed by atoms with Gasteiger partial charge < -0.3 is 19.5 Å². The number of rotatable bonds is 3. The Kier molecular flexibility index (Phi) is 5.51. The van der Waals surface area contributed by atoms with Gasteiger partial charge >= 0.3 is 11.9 Å². The summed E-state index contributed by atoms with van der Waals surface area (Å²) in [6.45, 7) is 15.8. The number of morpholine rings is 1. The van der Waals surface area contributed by atoms with Gasteiger partial charge in [0.2, 0.25) is 5.60 Å². The minimum atomic E-state index is -1.53. The van der Waals surface area contributed by atoms with Gasteiger partial charge in [-0.2, -0.15) is 0 Å². The van der Waals surface area contributed by atoms with Crippen molar-refractivity contribution < 1.29 is 29.0 Å². The zero-order valence-corrected chi connectivity index (χ0v) is 18.3. The number of carbonyl (C=O) groups is 3. The monoisotopic (exact) mass is 405 g/mol. The van der Waals surface area contributed by atoms with Crippen molar-refractivity contribution in [2.75, 3.05) is 6.54 Å². The van der Waals surface area contributed by atoms with Crippen LogP contribution in [0.1, 0.15) is 54.9 Å². The van der Waals surface area contributed by atoms with Crippen molar-refractivity contribution in [3.63, 3.8) is 0 Å². The van der Waals surface area contributed by atoms with E-state index in [0.717, 1.165) is 6.08 Å². The molecule has 2 atom stereocenters. The smallest absolute Gasteiger partial charge is 0.353 e. The summed E-state index contributed by atoms with van der Waals surface area (Å²) in [5, 5.41) is 9.64. The summed E-state index contributed by atoms with van der Waals surface area (Å²) >= 11 is 0. The Morgan fingerprint density at radius 2 is 1.83 bits per heavy atom. The van der Waals surface area contributed by atoms with Gasteiger partial charge in [-0.1, -0.05) is 33.4 Å². The summed E-state index contributed by atoms with van der Waals surface area (Å²) in [6, 6.07) is 0. The van der Waals surface area contributed by atoms with Crippen molar-refractivity contribution in [1.82, 2.24) is 4.90 Å². The molecule has 0 radical (unpaired) electrons. The van der Waals surface area contributed by atoms with E-state index in [1.807, 2.05) is 20.8 Å². The van der Waals surface area contributed by atoms with Crippen molar-refractivity contribution in [2.24, 2.45) is 10.8 Å². The molecule has 0 aromatic carbocycles. The van der Waals surface area contributed by atoms with E-state index in [1.54, 1.807) is 33.8 Å². The zero-order chi connectivity index (χ0) is 22.4. The largest absolute Gasteiger partial charge is 0.481 e. The molecule has 2 unspecified atom stereocenters. The molecule has 1 heterocycles. The summed E-state index contributed by atoms with van der Waals surface area (Å²) in [4.78, 5) is 39.2. The summed E-state index contributed by atoms with van der Waals surface area (Å²) in [5.74, 6) is -1.85. The number of allylic oxidation sites excluding steroid dienone is 1. The summed E-state index contributed by atoms with van der Waals surface area (Å²) < 4.78 is 11.9. The maximum Gasteiger partial charge on any atom is 0.353 e. The first-order chi connectivity index (χ1) is 13.1. The second-order valence-electron chi connectivity index (χ2n) is 9.83. The van der Waals surface area contributed by atoms with Crippen molar-refractivity contribution in [3.8, 4) is 0 Å². The van der Waals surface area contributed by atoms with Crippen molar-refractivity contribution in [3.05, 3.63) is 36.3 Å². The molecule has 1 aliphatic heterocycles. The normalized spacial score (nSPS) is 27.1. The minimum Gasteiger partial charge on any atom is -0.481 e. The standard InChI is InChI=1S/C22H31NO6/c1-9-16(24)23-13-22(19(2,3)4,18(27)29-20(5,6)7)28-15-12-21(8,17(25)26)11-10-14(15)23/h9-10,12H,1,11,13H2,2-8H3,(H,25,26). The third kappa shape index (κ3) is 4.09. The number of hydrogen-bond donors (Lipinski definition) is 1. The van der Waals surface area contributed by atoms with E-state index < -0.39 is 39.9 Å². The highest BCUT2D eigenvalue weighted by Crippen LogP contribution is 2.47. The third-order valence-electron chi connectivity index (χ3n) is 5.25. The topological polar surface area (TPSA) is 93.1 Å². The molecule has 1 fully saturated rings. The molecule has 160 valence electrons. The fourth-order valence-electron chi connectivity index (χ4n) is 3.30. The van der Waals surface area contributed by atoms with Crippen LogP contribution in [0.3, 0.4) is 0 Å². The van der Waals surface area contributed by atoms with E-state index in [0.29, 0.717) is 5.70 Å². The van der Waals surface area contributed by atoms with Crippen LogP contribution in [-0.4, -0.2) is 45.6 Å². The minimum absolute atomic E-state index is 0.0662. The van der Waals surface area contributed by atoms with Gasteiger partial charge in [-0.25, -0.2) is 4.79 Å². The van der Waals surface area contributed by atoms with Gasteiger partial charge in [0, 0.05) is 5.41 Å². The Labute approximate surface area is 172 Å². The molecule has 0 aromatic heterocycles. The summed E-state index contributed by atoms with van der Waals surface area (Å²) in [5.41, 5.74) is -3.83. The lowest BCUT2D eigenvalue weighted by Gasteiger charge is -2.51. The molecular formula is C22H31NO6. The van der Waals surface area contributed by atoms with Crippen LogP contribution in [0.25, 0.3) is 0 Å². The van der Waals surface area contributed by atoms with E-state index in [-0.39, 0.29) is 18.7 Å². The summed E-state index contributed by atoms with van der Waals surface area (Å²) in [6.07, 6.45) is 4.49. The van der Waals surface area contributed by atoms with Crippen LogP contribution in [-0.2, 0) is 23.9 Å². The Morgan fingerprint density at radius 3 is 2.28 bits per heavy atom. The second kappa shape index (κ2) is 7.04. The van der Waals surface area contributed by atoms with Gasteiger partial charge in [0.15, 0.2) is 0 Å². The highest BCUT2D eigenvalue weighted by atomic mass is 16.6. The molecule has 0 aromatic rings. The molecule has 1 saturated heterocycles. The average molecular weight is 405 g/mol. The number of fused-ring (bicyclic) bond motifs is 1. The second-order valence-corrected chi connectivity index (χ2v) is 9.83. The first-order valence-corrected chi connectivity index (χ1v) is 9.59. The number of carbonyl (C=O) groups excluding carboxylic acids is 2. The Morgan fingerprint density at radius 1 is 1.24 bits per heavy atom. The number of esters is 1. The van der Waals surface area contributed by atoms with Gasteiger partial charge in [0.25, 0.3) is 5.91 Å². The Balaban J connectivity index is 2.67. The predicted molar refractivity (Wildman–Crippen MR) is 108 cm³/mol. The number of hydrogen-bond acceptors (Lipinski definition) is 5. The molecule has 0 spiro atoms. The molecule has 29 heavy (non-hydrogen) atoms. The van der Waals surface area contributed by atoms with Gasteiger partial charge in [-0.05, 0) is 46.3 Å². The number of carboxylic acid groups (broad SMARTS) is 1. The SMILES string of the molecule is C=CC(=O)N1CC(C(=O)OC(C)(C)C)(C(C)(C)C)OC2=CC(C)(C(=O)O)CC=C21. The lowest BCUT2D eigenvalue weighted by Crippen LogP contribution is -2.64. The third-order valence-corrected chi connectivity index (χ3v) is 5.25. The molecule has 1 N–H and O–H groups in total. The molecular weight excluding hydrogens is 374 g/mol. The Hall–Kier alpha value is -2.57. The van der Waals surface area contributed by atoms with E-state index >= 15 is 0 Å². The van der Waals surface area contributed by atoms with Crippen LogP contribution in [0, 0.1) is 10.8 Å². The van der Waals surface area contributed by atoms with Gasteiger partial charge in [0.1, 0.15) is 11.4 Å². The average Bonchev–Trinajstić information content (AvgIpc) is 2.56. The molecule has 2 aliphatic rings. The molecule has 1 amide bonds. The maximum atomic E-state index is 13.3. The number of carboxylic acids is 1. The van der Waals surface area contributed by atoms with Crippen molar-refractivity contribution in [1.29, 1.82) is 0 Å². The van der Waals surface area contributed by atoms with Crippen LogP contribution in [0.15, 0.2) is 36.3 Å². The van der Waals surface area contributed by atoms with Crippen LogP contribution < -0.4 is 0 Å². The highest BCUT2D eigenvalue weighted by Gasteiger charge is 2.59. The fraction of sp³-hybridized carbons (Fsp3) is 0.591. The zero-order valence-electron chi connectivity index (χ0n) is 18.3. The Bertz CT molecular complexity index is 810. The first-order valence-electron chi connectivity index (χ1n) is 9.59. The van der Waals surface area contributed by atoms with Crippen LogP contribution in [0.4, 0.5) is 0 Å². The number of aliphatic carboxylic acids is 1. The number of nitrogens with zero attached hydrogens (tertiary/aromatic N) is 1. The number of amides is 1. The summed E-state index contributed by atoms with van der Waals surface area (Å²) in [7, 11) is 0. The first kappa shape index (κ1) is 22.7. The van der Waals surface area contributed by atoms with Crippen LogP contribution in [0.2, 0.25) is 0 Å². The van der Waals surface area contributed by atoms with Gasteiger partial charge in [-0.3, -0.25) is 9.59 Å². The maximum absolute atomic E-state index is 13.3. The van der Waals surface area contributed by atoms with E-state index in [9.17, 15) is 19.5 Å². The number of ether oxygens (including phenoxy) is 2. The van der Waals surface area contributed by atoms with E-state index in [1.165, 1.54) is 11.0 Å². The molecule has 7 nitrogen and oxygen atoms in total. The molecule has 1 aliphatic carbocycles. The fourth-order valence-corrected chi connectivity index (χ4v) is 3.30. The lowest BCUT2D eigenvalue weighted by atomic mass is 9.73. The lowest BCUT2D eigenvalue weighted by molar-refractivity contribution is -0.200. The highest BCUT2D eigenvalue weighted by molar-refractivity contribution is 5.91. The molecule has 0 saturated carbocycles. The van der Waals surface area contributed by atoms with Gasteiger partial charge in [0.05, 0.1) is 17.7 Å². The van der Waals surface area contributed by atoms with Crippen LogP contribution in [0.5, 0.6) is 0 Å². The van der Waals surface area contributed by atoms with Gasteiger partial charge in [-0.15, -0.1) is 0 Å². The molecule has 7 heteroatoms. The van der Waals surface area contributed by atoms with Crippen LogP contribution >= 0.6 is 0 Å². The van der Waals surface area contributed by atoms with E-state index in [4.69, 9.17) is 9.47 Å². The van der Waals surface area contributed by atoms with Crippen molar-refractivity contribution in [2.45, 2.75) is 66.1 Å². The molecule has 0 bridgehead atoms. The van der Waals surface area contributed by atoms with E-state index in [2.05, 4.69) is 6.58 Å². The predicted octanol–water partition coefficient (Wildman–Crippen LogP) is 3.42. The van der Waals surface area contributed by atoms with Crippen molar-refractivity contribution >= 4 is 17.8 Å². The quantitative estimate of drug-likeness (QED) is 0.571. The molecule has 2 rings (SSSR count).